The number of nitriles is 1. The van der Waals surface area contributed by atoms with E-state index in [1.54, 1.807) is 6.07 Å². The zero-order chi connectivity index (χ0) is 10.7. The second kappa shape index (κ2) is 4.22. The lowest BCUT2D eigenvalue weighted by Gasteiger charge is -2.12. The highest BCUT2D eigenvalue weighted by Crippen LogP contribution is 2.35. The van der Waals surface area contributed by atoms with E-state index in [2.05, 4.69) is 6.07 Å². The highest BCUT2D eigenvalue weighted by molar-refractivity contribution is 5.54. The maximum atomic E-state index is 8.98. The number of rotatable bonds is 1. The van der Waals surface area contributed by atoms with Crippen LogP contribution in [0, 0.1) is 11.3 Å². The van der Waals surface area contributed by atoms with Crippen molar-refractivity contribution in [3.63, 3.8) is 0 Å². The van der Waals surface area contributed by atoms with Gasteiger partial charge in [-0.15, -0.1) is 0 Å². The van der Waals surface area contributed by atoms with E-state index < -0.39 is 0 Å². The molecule has 1 aromatic rings. The van der Waals surface area contributed by atoms with E-state index in [0.717, 1.165) is 29.9 Å². The van der Waals surface area contributed by atoms with E-state index in [4.69, 9.17) is 14.7 Å². The zero-order valence-electron chi connectivity index (χ0n) is 8.75. The smallest absolute Gasteiger partial charge is 0.165 e. The van der Waals surface area contributed by atoms with E-state index >= 15 is 0 Å². The van der Waals surface area contributed by atoms with Gasteiger partial charge in [0.15, 0.2) is 11.5 Å². The van der Waals surface area contributed by atoms with Crippen molar-refractivity contribution in [3.05, 3.63) is 23.3 Å². The third kappa shape index (κ3) is 1.75. The maximum absolute atomic E-state index is 8.98. The fourth-order valence-corrected chi connectivity index (χ4v) is 1.75. The van der Waals surface area contributed by atoms with E-state index in [-0.39, 0.29) is 0 Å². The van der Waals surface area contributed by atoms with Crippen LogP contribution in [0.4, 0.5) is 0 Å². The predicted molar refractivity (Wildman–Crippen MR) is 56.1 cm³/mol. The van der Waals surface area contributed by atoms with Crippen molar-refractivity contribution in [2.45, 2.75) is 19.8 Å². The molecule has 0 amide bonds. The average Bonchev–Trinajstić information content (AvgIpc) is 2.52. The van der Waals surface area contributed by atoms with Gasteiger partial charge in [0.05, 0.1) is 24.8 Å². The first-order valence-corrected chi connectivity index (χ1v) is 5.18. The van der Waals surface area contributed by atoms with Crippen molar-refractivity contribution < 1.29 is 9.47 Å². The lowest BCUT2D eigenvalue weighted by Crippen LogP contribution is -1.99. The molecule has 3 heteroatoms. The third-order valence-electron chi connectivity index (χ3n) is 2.49. The number of nitrogens with zero attached hydrogens (tertiary/aromatic N) is 1. The van der Waals surface area contributed by atoms with Crippen LogP contribution >= 0.6 is 0 Å². The Morgan fingerprint density at radius 1 is 1.33 bits per heavy atom. The molecular formula is C12H13NO2. The summed E-state index contributed by atoms with van der Waals surface area (Å²) in [6.45, 7) is 3.36. The Bertz CT molecular complexity index is 407. The van der Waals surface area contributed by atoms with Gasteiger partial charge in [-0.2, -0.15) is 5.26 Å². The first-order valence-electron chi connectivity index (χ1n) is 5.18. The van der Waals surface area contributed by atoms with Gasteiger partial charge >= 0.3 is 0 Å². The molecule has 3 nitrogen and oxygen atoms in total. The summed E-state index contributed by atoms with van der Waals surface area (Å²) < 4.78 is 11.2. The summed E-state index contributed by atoms with van der Waals surface area (Å²) in [5, 5.41) is 8.98. The minimum Gasteiger partial charge on any atom is -0.490 e. The Morgan fingerprint density at radius 3 is 2.87 bits per heavy atom. The molecule has 2 rings (SSSR count). The van der Waals surface area contributed by atoms with Gasteiger partial charge in [-0.25, -0.2) is 0 Å². The Morgan fingerprint density at radius 2 is 2.13 bits per heavy atom. The van der Waals surface area contributed by atoms with Crippen molar-refractivity contribution >= 4 is 0 Å². The molecule has 1 heterocycles. The molecule has 0 aliphatic carbocycles. The molecule has 15 heavy (non-hydrogen) atoms. The molecule has 0 fully saturated rings. The van der Waals surface area contributed by atoms with Crippen LogP contribution in [0.5, 0.6) is 11.5 Å². The molecule has 0 unspecified atom stereocenters. The lowest BCUT2D eigenvalue weighted by molar-refractivity contribution is 0.296. The lowest BCUT2D eigenvalue weighted by atomic mass is 10.0. The first kappa shape index (κ1) is 9.85. The van der Waals surface area contributed by atoms with E-state index in [1.165, 1.54) is 0 Å². The van der Waals surface area contributed by atoms with Crippen LogP contribution in [0.2, 0.25) is 0 Å². The monoisotopic (exact) mass is 203 g/mol. The Labute approximate surface area is 89.2 Å². The normalized spacial score (nSPS) is 14.1. The van der Waals surface area contributed by atoms with Gasteiger partial charge in [-0.05, 0) is 18.6 Å². The van der Waals surface area contributed by atoms with Crippen LogP contribution in [-0.4, -0.2) is 13.2 Å². The summed E-state index contributed by atoms with van der Waals surface area (Å²) in [6, 6.07) is 5.80. The molecule has 0 aromatic heterocycles. The van der Waals surface area contributed by atoms with Crippen LogP contribution in [0.25, 0.3) is 0 Å². The van der Waals surface area contributed by atoms with Crippen molar-refractivity contribution in [2.24, 2.45) is 0 Å². The summed E-state index contributed by atoms with van der Waals surface area (Å²) in [5.74, 6) is 1.53. The molecule has 1 aromatic carbocycles. The van der Waals surface area contributed by atoms with Gasteiger partial charge in [0, 0.05) is 12.0 Å². The summed E-state index contributed by atoms with van der Waals surface area (Å²) in [7, 11) is 0. The number of hydrogen-bond acceptors (Lipinski definition) is 3. The van der Waals surface area contributed by atoms with Crippen molar-refractivity contribution in [1.82, 2.24) is 0 Å². The van der Waals surface area contributed by atoms with Gasteiger partial charge in [0.1, 0.15) is 0 Å². The molecular weight excluding hydrogens is 190 g/mol. The molecule has 1 aliphatic heterocycles. The topological polar surface area (TPSA) is 42.2 Å². The Balaban J connectivity index is 2.53. The molecule has 0 spiro atoms. The maximum Gasteiger partial charge on any atom is 0.165 e. The highest BCUT2D eigenvalue weighted by atomic mass is 16.5. The number of hydrogen-bond donors (Lipinski definition) is 0. The van der Waals surface area contributed by atoms with Crippen LogP contribution in [0.1, 0.15) is 24.5 Å². The zero-order valence-corrected chi connectivity index (χ0v) is 8.75. The van der Waals surface area contributed by atoms with Gasteiger partial charge in [-0.1, -0.05) is 6.92 Å². The van der Waals surface area contributed by atoms with Crippen molar-refractivity contribution in [3.8, 4) is 17.6 Å². The van der Waals surface area contributed by atoms with E-state index in [1.807, 2.05) is 13.0 Å². The second-order valence-electron chi connectivity index (χ2n) is 3.43. The average molecular weight is 203 g/mol. The second-order valence-corrected chi connectivity index (χ2v) is 3.43. The van der Waals surface area contributed by atoms with E-state index in [9.17, 15) is 0 Å². The quantitative estimate of drug-likeness (QED) is 0.703. The van der Waals surface area contributed by atoms with Crippen LogP contribution in [0.3, 0.4) is 0 Å². The van der Waals surface area contributed by atoms with E-state index in [0.29, 0.717) is 18.8 Å². The van der Waals surface area contributed by atoms with Crippen molar-refractivity contribution in [1.29, 1.82) is 5.26 Å². The van der Waals surface area contributed by atoms with Gasteiger partial charge in [0.2, 0.25) is 0 Å². The summed E-state index contributed by atoms with van der Waals surface area (Å²) >= 11 is 0. The summed E-state index contributed by atoms with van der Waals surface area (Å²) in [4.78, 5) is 0. The molecule has 1 aliphatic rings. The highest BCUT2D eigenvalue weighted by Gasteiger charge is 2.16. The Hall–Kier alpha value is -1.69. The number of ether oxygens (including phenoxy) is 2. The van der Waals surface area contributed by atoms with Gasteiger partial charge < -0.3 is 9.47 Å². The van der Waals surface area contributed by atoms with Gasteiger partial charge in [0.25, 0.3) is 0 Å². The minimum absolute atomic E-state index is 0.662. The molecule has 0 radical (unpaired) electrons. The molecule has 0 N–H and O–H groups in total. The SMILES string of the molecule is CCc1c(C#N)ccc2c1OCCCO2. The minimum atomic E-state index is 0.662. The van der Waals surface area contributed by atoms with Crippen LogP contribution in [0.15, 0.2) is 12.1 Å². The standard InChI is InChI=1S/C12H13NO2/c1-2-10-9(8-13)4-5-11-12(10)15-7-3-6-14-11/h4-5H,2-3,6-7H2,1H3. The largest absolute Gasteiger partial charge is 0.490 e. The summed E-state index contributed by atoms with van der Waals surface area (Å²) in [5.41, 5.74) is 1.64. The fraction of sp³-hybridized carbons (Fsp3) is 0.417. The predicted octanol–water partition coefficient (Wildman–Crippen LogP) is 2.28. The van der Waals surface area contributed by atoms with Crippen LogP contribution < -0.4 is 9.47 Å². The number of fused-ring (bicyclic) bond motifs is 1. The summed E-state index contributed by atoms with van der Waals surface area (Å²) in [6.07, 6.45) is 1.68. The first-order chi connectivity index (χ1) is 7.36. The van der Waals surface area contributed by atoms with Crippen molar-refractivity contribution in [2.75, 3.05) is 13.2 Å². The fourth-order valence-electron chi connectivity index (χ4n) is 1.75. The molecule has 0 saturated carbocycles. The molecule has 0 atom stereocenters. The number of benzene rings is 1. The van der Waals surface area contributed by atoms with Crippen LogP contribution in [-0.2, 0) is 6.42 Å². The Kier molecular flexibility index (Phi) is 2.77. The molecule has 0 bridgehead atoms. The third-order valence-corrected chi connectivity index (χ3v) is 2.49. The molecule has 0 saturated heterocycles. The molecule has 78 valence electrons. The van der Waals surface area contributed by atoms with Gasteiger partial charge in [-0.3, -0.25) is 0 Å².